The Hall–Kier alpha value is -2.37. The van der Waals surface area contributed by atoms with Gasteiger partial charge < -0.3 is 15.0 Å². The highest BCUT2D eigenvalue weighted by atomic mass is 16.5. The molecule has 6 nitrogen and oxygen atoms in total. The lowest BCUT2D eigenvalue weighted by molar-refractivity contribution is -0.145. The number of benzene rings is 1. The summed E-state index contributed by atoms with van der Waals surface area (Å²) in [5, 5.41) is 2.85. The number of nitrogens with one attached hydrogen (secondary N) is 1. The highest BCUT2D eigenvalue weighted by molar-refractivity contribution is 6.02. The average molecular weight is 401 g/mol. The van der Waals surface area contributed by atoms with E-state index < -0.39 is 23.5 Å². The lowest BCUT2D eigenvalue weighted by Gasteiger charge is -2.55. The molecule has 0 aromatic heterocycles. The summed E-state index contributed by atoms with van der Waals surface area (Å²) in [6.07, 6.45) is 5.49. The molecule has 0 unspecified atom stereocenters. The zero-order valence-corrected chi connectivity index (χ0v) is 17.9. The van der Waals surface area contributed by atoms with Crippen molar-refractivity contribution in [1.82, 2.24) is 10.2 Å². The molecule has 2 amide bonds. The molecule has 2 aliphatic rings. The largest absolute Gasteiger partial charge is 0.467 e. The van der Waals surface area contributed by atoms with Crippen molar-refractivity contribution < 1.29 is 19.1 Å². The van der Waals surface area contributed by atoms with Gasteiger partial charge in [0.05, 0.1) is 18.6 Å². The summed E-state index contributed by atoms with van der Waals surface area (Å²) in [4.78, 5) is 41.0. The second kappa shape index (κ2) is 8.56. The second-order valence-corrected chi connectivity index (χ2v) is 8.37. The molecule has 158 valence electrons. The van der Waals surface area contributed by atoms with Crippen LogP contribution < -0.4 is 5.32 Å². The summed E-state index contributed by atoms with van der Waals surface area (Å²) in [6.45, 7) is 5.77. The number of amides is 2. The van der Waals surface area contributed by atoms with Crippen molar-refractivity contribution in [3.8, 4) is 0 Å². The Bertz CT molecular complexity index is 785. The molecule has 1 aromatic rings. The van der Waals surface area contributed by atoms with Crippen molar-refractivity contribution >= 4 is 17.8 Å². The lowest BCUT2D eigenvalue weighted by Crippen LogP contribution is -2.65. The smallest absolute Gasteiger partial charge is 0.328 e. The summed E-state index contributed by atoms with van der Waals surface area (Å²) in [7, 11) is 1.31. The van der Waals surface area contributed by atoms with Gasteiger partial charge in [-0.3, -0.25) is 9.59 Å². The van der Waals surface area contributed by atoms with Crippen molar-refractivity contribution in [2.75, 3.05) is 7.11 Å². The quantitative estimate of drug-likeness (QED) is 0.769. The average Bonchev–Trinajstić information content (AvgIpc) is 2.73. The highest BCUT2D eigenvalue weighted by Crippen LogP contribution is 2.50. The van der Waals surface area contributed by atoms with Crippen LogP contribution in [0.3, 0.4) is 0 Å². The van der Waals surface area contributed by atoms with Crippen LogP contribution in [0.1, 0.15) is 81.1 Å². The van der Waals surface area contributed by atoms with E-state index in [0.717, 1.165) is 44.1 Å². The van der Waals surface area contributed by atoms with Gasteiger partial charge in [-0.2, -0.15) is 0 Å². The van der Waals surface area contributed by atoms with Crippen LogP contribution in [0.5, 0.6) is 0 Å². The van der Waals surface area contributed by atoms with Gasteiger partial charge in [0.15, 0.2) is 0 Å². The number of carbonyl (C=O) groups excluding carboxylic acids is 3. The fraction of sp³-hybridized carbons (Fsp3) is 0.609. The first-order valence-corrected chi connectivity index (χ1v) is 10.7. The number of methoxy groups -OCH3 is 1. The summed E-state index contributed by atoms with van der Waals surface area (Å²) in [6, 6.07) is 6.72. The van der Waals surface area contributed by atoms with Gasteiger partial charge in [-0.1, -0.05) is 44.4 Å². The Labute approximate surface area is 173 Å². The molecule has 0 bridgehead atoms. The maximum Gasteiger partial charge on any atom is 0.328 e. The van der Waals surface area contributed by atoms with Crippen LogP contribution in [-0.4, -0.2) is 47.4 Å². The fourth-order valence-electron chi connectivity index (χ4n) is 5.14. The molecule has 3 atom stereocenters. The van der Waals surface area contributed by atoms with Crippen LogP contribution in [-0.2, 0) is 14.3 Å². The standard InChI is InChI=1S/C23H32N2O4/c1-5-15(2)25-21(27)18-12-8-7-11-17(18)19(23(25)13-9-6-10-14-23)20(26)24-16(3)22(28)29-4/h7-8,11-12,15-16,19H,5-6,9-10,13-14H2,1-4H3,(H,24,26)/t15-,16-,19+/m0/s1. The van der Waals surface area contributed by atoms with E-state index >= 15 is 0 Å². The Morgan fingerprint density at radius 1 is 1.21 bits per heavy atom. The van der Waals surface area contributed by atoms with Gasteiger partial charge in [0.25, 0.3) is 5.91 Å². The van der Waals surface area contributed by atoms with Crippen molar-refractivity contribution in [2.45, 2.75) is 82.8 Å². The van der Waals surface area contributed by atoms with E-state index in [-0.39, 0.29) is 17.9 Å². The lowest BCUT2D eigenvalue weighted by atomic mass is 9.64. The van der Waals surface area contributed by atoms with E-state index in [1.54, 1.807) is 6.92 Å². The summed E-state index contributed by atoms with van der Waals surface area (Å²) >= 11 is 0. The molecule has 1 aromatic carbocycles. The Balaban J connectivity index is 2.13. The number of esters is 1. The van der Waals surface area contributed by atoms with Crippen molar-refractivity contribution in [2.24, 2.45) is 0 Å². The van der Waals surface area contributed by atoms with Gasteiger partial charge in [-0.25, -0.2) is 4.79 Å². The van der Waals surface area contributed by atoms with E-state index in [1.165, 1.54) is 7.11 Å². The predicted molar refractivity (Wildman–Crippen MR) is 111 cm³/mol. The number of fused-ring (bicyclic) bond motifs is 1. The third-order valence-electron chi connectivity index (χ3n) is 6.66. The maximum atomic E-state index is 13.6. The SMILES string of the molecule is CC[C@H](C)N1C(=O)c2ccccc2[C@H](C(=O)N[C@@H](C)C(=O)OC)C12CCCCC2. The third-order valence-corrected chi connectivity index (χ3v) is 6.66. The van der Waals surface area contributed by atoms with E-state index in [9.17, 15) is 14.4 Å². The Morgan fingerprint density at radius 2 is 1.86 bits per heavy atom. The van der Waals surface area contributed by atoms with E-state index in [0.29, 0.717) is 5.56 Å². The van der Waals surface area contributed by atoms with Crippen molar-refractivity contribution in [3.05, 3.63) is 35.4 Å². The maximum absolute atomic E-state index is 13.6. The van der Waals surface area contributed by atoms with Crippen LogP contribution in [0.4, 0.5) is 0 Å². The van der Waals surface area contributed by atoms with Crippen molar-refractivity contribution in [1.29, 1.82) is 0 Å². The van der Waals surface area contributed by atoms with Crippen LogP contribution in [0.15, 0.2) is 24.3 Å². The highest BCUT2D eigenvalue weighted by Gasteiger charge is 2.55. The first-order chi connectivity index (χ1) is 13.9. The molecular weight excluding hydrogens is 368 g/mol. The van der Waals surface area contributed by atoms with Crippen LogP contribution in [0.25, 0.3) is 0 Å². The normalized spacial score (nSPS) is 22.6. The van der Waals surface area contributed by atoms with E-state index in [2.05, 4.69) is 19.2 Å². The third kappa shape index (κ3) is 3.65. The Kier molecular flexibility index (Phi) is 6.30. The molecule has 29 heavy (non-hydrogen) atoms. The monoisotopic (exact) mass is 400 g/mol. The molecule has 6 heteroatoms. The number of ether oxygens (including phenoxy) is 1. The number of carbonyl (C=O) groups is 3. The summed E-state index contributed by atoms with van der Waals surface area (Å²) < 4.78 is 4.78. The number of rotatable bonds is 5. The number of hydrogen-bond acceptors (Lipinski definition) is 4. The molecular formula is C23H32N2O4. The Morgan fingerprint density at radius 3 is 2.48 bits per heavy atom. The summed E-state index contributed by atoms with van der Waals surface area (Å²) in [5.41, 5.74) is 0.808. The topological polar surface area (TPSA) is 75.7 Å². The molecule has 0 saturated heterocycles. The number of hydrogen-bond donors (Lipinski definition) is 1. The molecule has 0 radical (unpaired) electrons. The minimum atomic E-state index is -0.741. The molecule has 1 heterocycles. The van der Waals surface area contributed by atoms with Gasteiger partial charge in [0.2, 0.25) is 5.91 Å². The van der Waals surface area contributed by atoms with Crippen LogP contribution in [0, 0.1) is 0 Å². The zero-order valence-electron chi connectivity index (χ0n) is 17.9. The number of nitrogens with zero attached hydrogens (tertiary/aromatic N) is 1. The van der Waals surface area contributed by atoms with Gasteiger partial charge in [0.1, 0.15) is 6.04 Å². The molecule has 1 spiro atoms. The van der Waals surface area contributed by atoms with Gasteiger partial charge >= 0.3 is 5.97 Å². The summed E-state index contributed by atoms with van der Waals surface area (Å²) in [5.74, 6) is -1.17. The van der Waals surface area contributed by atoms with Gasteiger partial charge in [0, 0.05) is 11.6 Å². The first kappa shape index (κ1) is 21.3. The second-order valence-electron chi connectivity index (χ2n) is 8.37. The van der Waals surface area contributed by atoms with Crippen LogP contribution >= 0.6 is 0 Å². The minimum Gasteiger partial charge on any atom is -0.467 e. The van der Waals surface area contributed by atoms with E-state index in [1.807, 2.05) is 29.2 Å². The molecule has 1 fully saturated rings. The molecule has 1 aliphatic heterocycles. The van der Waals surface area contributed by atoms with Crippen LogP contribution in [0.2, 0.25) is 0 Å². The zero-order chi connectivity index (χ0) is 21.2. The van der Waals surface area contributed by atoms with Gasteiger partial charge in [-0.15, -0.1) is 0 Å². The first-order valence-electron chi connectivity index (χ1n) is 10.7. The molecule has 1 N–H and O–H groups in total. The molecule has 3 rings (SSSR count). The fourth-order valence-corrected chi connectivity index (χ4v) is 5.14. The molecule has 1 aliphatic carbocycles. The predicted octanol–water partition coefficient (Wildman–Crippen LogP) is 3.41. The minimum absolute atomic E-state index is 0.0157. The van der Waals surface area contributed by atoms with Gasteiger partial charge in [-0.05, 0) is 44.7 Å². The van der Waals surface area contributed by atoms with Crippen molar-refractivity contribution in [3.63, 3.8) is 0 Å². The van der Waals surface area contributed by atoms with E-state index in [4.69, 9.17) is 4.74 Å². The molecule has 1 saturated carbocycles.